The lowest BCUT2D eigenvalue weighted by Gasteiger charge is -2.43. The Labute approximate surface area is 164 Å². The SMILES string of the molecule is CC(C)(C)CN1CCC(C)(CCC(C)(C)CN2CCC3(CC2)CC3)CC1. The highest BCUT2D eigenvalue weighted by molar-refractivity contribution is 4.97. The van der Waals surface area contributed by atoms with Crippen LogP contribution in [0.4, 0.5) is 0 Å². The summed E-state index contributed by atoms with van der Waals surface area (Å²) in [6.07, 6.45) is 11.6. The Morgan fingerprint density at radius 3 is 1.69 bits per heavy atom. The Balaban J connectivity index is 1.39. The lowest BCUT2D eigenvalue weighted by molar-refractivity contribution is 0.0641. The van der Waals surface area contributed by atoms with Gasteiger partial charge in [-0.2, -0.15) is 0 Å². The van der Waals surface area contributed by atoms with Crippen LogP contribution in [0.3, 0.4) is 0 Å². The van der Waals surface area contributed by atoms with Gasteiger partial charge in [-0.3, -0.25) is 0 Å². The summed E-state index contributed by atoms with van der Waals surface area (Å²) in [5.74, 6) is 0. The highest BCUT2D eigenvalue weighted by atomic mass is 15.1. The number of likely N-dealkylation sites (tertiary alicyclic amines) is 2. The van der Waals surface area contributed by atoms with Crippen LogP contribution < -0.4 is 0 Å². The Bertz CT molecular complexity index is 451. The van der Waals surface area contributed by atoms with E-state index in [1.165, 1.54) is 90.6 Å². The van der Waals surface area contributed by atoms with Gasteiger partial charge in [0.05, 0.1) is 0 Å². The van der Waals surface area contributed by atoms with Crippen molar-refractivity contribution in [2.24, 2.45) is 21.7 Å². The molecule has 2 aliphatic heterocycles. The molecule has 0 aromatic carbocycles. The maximum atomic E-state index is 2.78. The second-order valence-electron chi connectivity index (χ2n) is 12.6. The third-order valence-electron chi connectivity index (χ3n) is 7.69. The van der Waals surface area contributed by atoms with Crippen molar-refractivity contribution >= 4 is 0 Å². The van der Waals surface area contributed by atoms with E-state index in [0.29, 0.717) is 16.2 Å². The topological polar surface area (TPSA) is 6.48 Å². The molecule has 152 valence electrons. The molecular weight excluding hydrogens is 316 g/mol. The van der Waals surface area contributed by atoms with Gasteiger partial charge >= 0.3 is 0 Å². The fourth-order valence-electron chi connectivity index (χ4n) is 5.36. The summed E-state index contributed by atoms with van der Waals surface area (Å²) in [6, 6.07) is 0. The zero-order valence-electron chi connectivity index (χ0n) is 18.8. The normalized spacial score (nSPS) is 27.0. The monoisotopic (exact) mass is 362 g/mol. The molecule has 0 radical (unpaired) electrons. The number of piperidine rings is 2. The van der Waals surface area contributed by atoms with E-state index in [9.17, 15) is 0 Å². The quantitative estimate of drug-likeness (QED) is 0.587. The summed E-state index contributed by atoms with van der Waals surface area (Å²) < 4.78 is 0. The van der Waals surface area contributed by atoms with Crippen molar-refractivity contribution in [1.29, 1.82) is 0 Å². The Hall–Kier alpha value is -0.0800. The van der Waals surface area contributed by atoms with Gasteiger partial charge in [0, 0.05) is 13.1 Å². The van der Waals surface area contributed by atoms with Gasteiger partial charge in [0.15, 0.2) is 0 Å². The zero-order valence-corrected chi connectivity index (χ0v) is 18.8. The molecule has 1 saturated carbocycles. The highest BCUT2D eigenvalue weighted by Crippen LogP contribution is 2.53. The predicted molar refractivity (Wildman–Crippen MR) is 114 cm³/mol. The highest BCUT2D eigenvalue weighted by Gasteiger charge is 2.44. The lowest BCUT2D eigenvalue weighted by atomic mass is 9.72. The molecule has 0 amide bonds. The van der Waals surface area contributed by atoms with Crippen molar-refractivity contribution in [2.75, 3.05) is 39.3 Å². The smallest absolute Gasteiger partial charge is 0.00327 e. The molecule has 2 heteroatoms. The van der Waals surface area contributed by atoms with Crippen molar-refractivity contribution in [1.82, 2.24) is 9.80 Å². The molecule has 3 aliphatic rings. The van der Waals surface area contributed by atoms with Gasteiger partial charge < -0.3 is 9.80 Å². The zero-order chi connectivity index (χ0) is 19.1. The van der Waals surface area contributed by atoms with E-state index in [0.717, 1.165) is 5.41 Å². The van der Waals surface area contributed by atoms with Crippen LogP contribution in [0, 0.1) is 21.7 Å². The van der Waals surface area contributed by atoms with E-state index < -0.39 is 0 Å². The molecule has 0 atom stereocenters. The van der Waals surface area contributed by atoms with Crippen LogP contribution in [0.1, 0.15) is 92.9 Å². The van der Waals surface area contributed by atoms with E-state index in [-0.39, 0.29) is 0 Å². The number of hydrogen-bond donors (Lipinski definition) is 0. The molecule has 2 nitrogen and oxygen atoms in total. The van der Waals surface area contributed by atoms with Crippen LogP contribution >= 0.6 is 0 Å². The first-order valence-electron chi connectivity index (χ1n) is 11.4. The van der Waals surface area contributed by atoms with Crippen molar-refractivity contribution in [2.45, 2.75) is 92.9 Å². The number of rotatable bonds is 6. The van der Waals surface area contributed by atoms with Crippen LogP contribution in [0.15, 0.2) is 0 Å². The Morgan fingerprint density at radius 2 is 1.19 bits per heavy atom. The minimum Gasteiger partial charge on any atom is -0.303 e. The van der Waals surface area contributed by atoms with Gasteiger partial charge in [-0.05, 0) is 99.2 Å². The number of nitrogens with zero attached hydrogens (tertiary/aromatic N) is 2. The second-order valence-corrected chi connectivity index (χ2v) is 12.6. The summed E-state index contributed by atoms with van der Waals surface area (Å²) in [4.78, 5) is 5.48. The molecule has 0 aromatic heterocycles. The molecule has 2 heterocycles. The molecule has 0 bridgehead atoms. The summed E-state index contributed by atoms with van der Waals surface area (Å²) >= 11 is 0. The van der Waals surface area contributed by atoms with Gasteiger partial charge in [-0.1, -0.05) is 41.5 Å². The van der Waals surface area contributed by atoms with Crippen LogP contribution in [0.5, 0.6) is 0 Å². The third-order valence-corrected chi connectivity index (χ3v) is 7.69. The average Bonchev–Trinajstić information content (AvgIpc) is 3.29. The fourth-order valence-corrected chi connectivity index (χ4v) is 5.36. The molecule has 1 aliphatic carbocycles. The number of hydrogen-bond acceptors (Lipinski definition) is 2. The molecule has 0 unspecified atom stereocenters. The van der Waals surface area contributed by atoms with E-state index in [2.05, 4.69) is 51.3 Å². The largest absolute Gasteiger partial charge is 0.303 e. The summed E-state index contributed by atoms with van der Waals surface area (Å²) in [7, 11) is 0. The second kappa shape index (κ2) is 7.39. The molecular formula is C24H46N2. The average molecular weight is 363 g/mol. The van der Waals surface area contributed by atoms with Crippen LogP contribution in [0.25, 0.3) is 0 Å². The summed E-state index contributed by atoms with van der Waals surface area (Å²) in [6.45, 7) is 22.6. The van der Waals surface area contributed by atoms with Crippen molar-refractivity contribution in [3.05, 3.63) is 0 Å². The minimum atomic E-state index is 0.434. The standard InChI is InChI=1S/C24H46N2/c1-21(2,3)19-25-15-11-23(6,12-16-25)8-7-22(4,5)20-26-17-13-24(9-10-24)14-18-26/h7-20H2,1-6H3. The van der Waals surface area contributed by atoms with E-state index in [1.54, 1.807) is 0 Å². The molecule has 2 saturated heterocycles. The van der Waals surface area contributed by atoms with Crippen LogP contribution in [-0.4, -0.2) is 49.1 Å². The molecule has 1 spiro atoms. The van der Waals surface area contributed by atoms with E-state index in [1.807, 2.05) is 0 Å². The van der Waals surface area contributed by atoms with Crippen molar-refractivity contribution in [3.8, 4) is 0 Å². The first-order valence-corrected chi connectivity index (χ1v) is 11.4. The van der Waals surface area contributed by atoms with E-state index >= 15 is 0 Å². The first kappa shape index (κ1) is 20.6. The van der Waals surface area contributed by atoms with Crippen molar-refractivity contribution < 1.29 is 0 Å². The van der Waals surface area contributed by atoms with Gasteiger partial charge in [0.2, 0.25) is 0 Å². The molecule has 3 rings (SSSR count). The van der Waals surface area contributed by atoms with Crippen molar-refractivity contribution in [3.63, 3.8) is 0 Å². The Kier molecular flexibility index (Phi) is 5.87. The maximum Gasteiger partial charge on any atom is 0.00327 e. The third kappa shape index (κ3) is 5.96. The maximum absolute atomic E-state index is 2.78. The van der Waals surface area contributed by atoms with Gasteiger partial charge in [0.25, 0.3) is 0 Å². The summed E-state index contributed by atoms with van der Waals surface area (Å²) in [5, 5.41) is 0. The molecule has 0 aromatic rings. The van der Waals surface area contributed by atoms with Gasteiger partial charge in [-0.25, -0.2) is 0 Å². The van der Waals surface area contributed by atoms with Crippen LogP contribution in [0.2, 0.25) is 0 Å². The van der Waals surface area contributed by atoms with Crippen LogP contribution in [-0.2, 0) is 0 Å². The molecule has 26 heavy (non-hydrogen) atoms. The lowest BCUT2D eigenvalue weighted by Crippen LogP contribution is -2.43. The van der Waals surface area contributed by atoms with E-state index in [4.69, 9.17) is 0 Å². The van der Waals surface area contributed by atoms with Gasteiger partial charge in [-0.15, -0.1) is 0 Å². The minimum absolute atomic E-state index is 0.434. The Morgan fingerprint density at radius 1 is 0.692 bits per heavy atom. The first-order chi connectivity index (χ1) is 12.0. The predicted octanol–water partition coefficient (Wildman–Crippen LogP) is 5.82. The molecule has 0 N–H and O–H groups in total. The van der Waals surface area contributed by atoms with Gasteiger partial charge in [0.1, 0.15) is 0 Å². The summed E-state index contributed by atoms with van der Waals surface area (Å²) in [5.41, 5.74) is 2.30. The fraction of sp³-hybridized carbons (Fsp3) is 1.00. The molecule has 3 fully saturated rings.